The van der Waals surface area contributed by atoms with Gasteiger partial charge in [0.25, 0.3) is 0 Å². The van der Waals surface area contributed by atoms with Crippen LogP contribution in [0.2, 0.25) is 0 Å². The number of aromatic nitrogens is 1. The number of piperidine rings is 1. The fourth-order valence-corrected chi connectivity index (χ4v) is 3.49. The summed E-state index contributed by atoms with van der Waals surface area (Å²) < 4.78 is 0. The van der Waals surface area contributed by atoms with Crippen LogP contribution in [-0.4, -0.2) is 17.6 Å². The van der Waals surface area contributed by atoms with Gasteiger partial charge in [-0.05, 0) is 56.3 Å². The molecule has 2 heterocycles. The van der Waals surface area contributed by atoms with Crippen molar-refractivity contribution in [2.24, 2.45) is 0 Å². The molecule has 0 bridgehead atoms. The van der Waals surface area contributed by atoms with Gasteiger partial charge in [0.2, 0.25) is 0 Å². The van der Waals surface area contributed by atoms with E-state index in [1.807, 2.05) is 12.1 Å². The van der Waals surface area contributed by atoms with Crippen LogP contribution in [0.3, 0.4) is 0 Å². The van der Waals surface area contributed by atoms with E-state index in [1.54, 1.807) is 0 Å². The van der Waals surface area contributed by atoms with Crippen LogP contribution in [0, 0.1) is 11.3 Å². The summed E-state index contributed by atoms with van der Waals surface area (Å²) in [6.07, 6.45) is 7.32. The Labute approximate surface area is 126 Å². The number of fused-ring (bicyclic) bond motifs is 1. The summed E-state index contributed by atoms with van der Waals surface area (Å²) in [5, 5.41) is 13.9. The second kappa shape index (κ2) is 6.32. The molecular weight excluding hydrogens is 258 g/mol. The molecule has 0 radical (unpaired) electrons. The van der Waals surface area contributed by atoms with E-state index < -0.39 is 0 Å². The Morgan fingerprint density at radius 3 is 2.95 bits per heavy atom. The second-order valence-electron chi connectivity index (χ2n) is 5.99. The lowest BCUT2D eigenvalue weighted by molar-refractivity contribution is 0.382. The van der Waals surface area contributed by atoms with E-state index in [2.05, 4.69) is 29.4 Å². The van der Waals surface area contributed by atoms with Crippen molar-refractivity contribution >= 4 is 10.9 Å². The number of rotatable bonds is 4. The van der Waals surface area contributed by atoms with Crippen LogP contribution in [0.4, 0.5) is 0 Å². The molecule has 1 saturated heterocycles. The Morgan fingerprint density at radius 2 is 2.24 bits per heavy atom. The molecule has 2 aromatic rings. The summed E-state index contributed by atoms with van der Waals surface area (Å²) in [5.74, 6) is 0. The lowest BCUT2D eigenvalue weighted by atomic mass is 9.98. The third kappa shape index (κ3) is 2.96. The number of hydrogen-bond donors (Lipinski definition) is 2. The summed E-state index contributed by atoms with van der Waals surface area (Å²) >= 11 is 0. The van der Waals surface area contributed by atoms with Crippen molar-refractivity contribution in [2.75, 3.05) is 6.54 Å². The fraction of sp³-hybridized carbons (Fsp3) is 0.500. The van der Waals surface area contributed by atoms with Gasteiger partial charge in [0.1, 0.15) is 0 Å². The monoisotopic (exact) mass is 281 g/mol. The lowest BCUT2D eigenvalue weighted by Crippen LogP contribution is -2.34. The lowest BCUT2D eigenvalue weighted by Gasteiger charge is -2.23. The summed E-state index contributed by atoms with van der Waals surface area (Å²) in [5.41, 5.74) is 4.62. The Morgan fingerprint density at radius 1 is 1.33 bits per heavy atom. The Bertz CT molecular complexity index is 657. The van der Waals surface area contributed by atoms with Crippen molar-refractivity contribution in [3.8, 4) is 6.07 Å². The standard InChI is InChI=1S/C18H23N3/c1-2-15-16-8-6-13(12-19)11-18(16)21-17(15)9-7-14-5-3-4-10-20-14/h6,8,11,14,20-21H,2-5,7,9-10H2,1H3. The van der Waals surface area contributed by atoms with Gasteiger partial charge in [0.05, 0.1) is 11.6 Å². The number of benzene rings is 1. The Hall–Kier alpha value is -1.79. The second-order valence-corrected chi connectivity index (χ2v) is 5.99. The molecule has 1 fully saturated rings. The van der Waals surface area contributed by atoms with Crippen molar-refractivity contribution in [3.05, 3.63) is 35.0 Å². The average Bonchev–Trinajstić information content (AvgIpc) is 2.90. The highest BCUT2D eigenvalue weighted by Crippen LogP contribution is 2.26. The fourth-order valence-electron chi connectivity index (χ4n) is 3.49. The number of hydrogen-bond acceptors (Lipinski definition) is 2. The SMILES string of the molecule is CCc1c(CCC2CCCCN2)[nH]c2cc(C#N)ccc12. The molecule has 1 aliphatic rings. The van der Waals surface area contributed by atoms with Crippen LogP contribution >= 0.6 is 0 Å². The highest BCUT2D eigenvalue weighted by molar-refractivity contribution is 5.85. The van der Waals surface area contributed by atoms with Crippen molar-refractivity contribution < 1.29 is 0 Å². The number of nitrogens with one attached hydrogen (secondary N) is 2. The summed E-state index contributed by atoms with van der Waals surface area (Å²) in [6.45, 7) is 3.38. The molecule has 1 unspecified atom stereocenters. The Balaban J connectivity index is 1.82. The molecule has 1 aromatic carbocycles. The van der Waals surface area contributed by atoms with Gasteiger partial charge in [-0.3, -0.25) is 0 Å². The van der Waals surface area contributed by atoms with E-state index in [1.165, 1.54) is 48.9 Å². The van der Waals surface area contributed by atoms with Gasteiger partial charge in [0, 0.05) is 22.6 Å². The molecule has 1 atom stereocenters. The van der Waals surface area contributed by atoms with Crippen LogP contribution in [0.1, 0.15) is 49.4 Å². The predicted molar refractivity (Wildman–Crippen MR) is 86.4 cm³/mol. The highest BCUT2D eigenvalue weighted by atomic mass is 14.9. The van der Waals surface area contributed by atoms with Crippen molar-refractivity contribution in [1.82, 2.24) is 10.3 Å². The van der Waals surface area contributed by atoms with Crippen LogP contribution < -0.4 is 5.32 Å². The molecule has 0 aliphatic carbocycles. The molecule has 3 rings (SSSR count). The molecule has 1 aliphatic heterocycles. The van der Waals surface area contributed by atoms with Gasteiger partial charge >= 0.3 is 0 Å². The minimum absolute atomic E-state index is 0.671. The molecule has 110 valence electrons. The molecule has 1 aromatic heterocycles. The predicted octanol–water partition coefficient (Wildman–Crippen LogP) is 3.68. The van der Waals surface area contributed by atoms with Gasteiger partial charge in [0.15, 0.2) is 0 Å². The first-order chi connectivity index (χ1) is 10.3. The summed E-state index contributed by atoms with van der Waals surface area (Å²) in [6, 6.07) is 8.87. The van der Waals surface area contributed by atoms with Crippen LogP contribution in [0.5, 0.6) is 0 Å². The minimum atomic E-state index is 0.671. The number of H-pyrrole nitrogens is 1. The first kappa shape index (κ1) is 14.2. The molecule has 2 N–H and O–H groups in total. The first-order valence-corrected chi connectivity index (χ1v) is 8.08. The van der Waals surface area contributed by atoms with Crippen LogP contribution in [0.25, 0.3) is 10.9 Å². The topological polar surface area (TPSA) is 51.6 Å². The van der Waals surface area contributed by atoms with Gasteiger partial charge in [-0.25, -0.2) is 0 Å². The zero-order valence-electron chi connectivity index (χ0n) is 12.7. The van der Waals surface area contributed by atoms with E-state index in [-0.39, 0.29) is 0 Å². The molecule has 3 heteroatoms. The molecule has 21 heavy (non-hydrogen) atoms. The van der Waals surface area contributed by atoms with E-state index in [4.69, 9.17) is 5.26 Å². The largest absolute Gasteiger partial charge is 0.358 e. The van der Waals surface area contributed by atoms with Gasteiger partial charge in [-0.15, -0.1) is 0 Å². The first-order valence-electron chi connectivity index (χ1n) is 8.08. The highest BCUT2D eigenvalue weighted by Gasteiger charge is 2.15. The molecule has 3 nitrogen and oxygen atoms in total. The number of aromatic amines is 1. The summed E-state index contributed by atoms with van der Waals surface area (Å²) in [7, 11) is 0. The maximum absolute atomic E-state index is 9.03. The van der Waals surface area contributed by atoms with Crippen molar-refractivity contribution in [2.45, 2.75) is 51.5 Å². The van der Waals surface area contributed by atoms with Gasteiger partial charge in [-0.1, -0.05) is 19.4 Å². The molecule has 0 spiro atoms. The average molecular weight is 281 g/mol. The maximum atomic E-state index is 9.03. The van der Waals surface area contributed by atoms with E-state index in [0.717, 1.165) is 23.9 Å². The number of aryl methyl sites for hydroxylation is 2. The maximum Gasteiger partial charge on any atom is 0.0992 e. The summed E-state index contributed by atoms with van der Waals surface area (Å²) in [4.78, 5) is 3.55. The number of nitrogens with zero attached hydrogens (tertiary/aromatic N) is 1. The smallest absolute Gasteiger partial charge is 0.0992 e. The molecule has 0 saturated carbocycles. The minimum Gasteiger partial charge on any atom is -0.358 e. The van der Waals surface area contributed by atoms with E-state index in [0.29, 0.717) is 6.04 Å². The van der Waals surface area contributed by atoms with Gasteiger partial charge in [-0.2, -0.15) is 5.26 Å². The van der Waals surface area contributed by atoms with Crippen molar-refractivity contribution in [1.29, 1.82) is 5.26 Å². The van der Waals surface area contributed by atoms with E-state index in [9.17, 15) is 0 Å². The molecular formula is C18H23N3. The van der Waals surface area contributed by atoms with Gasteiger partial charge < -0.3 is 10.3 Å². The van der Waals surface area contributed by atoms with E-state index >= 15 is 0 Å². The third-order valence-electron chi connectivity index (χ3n) is 4.63. The quantitative estimate of drug-likeness (QED) is 0.898. The molecule has 0 amide bonds. The van der Waals surface area contributed by atoms with Crippen molar-refractivity contribution in [3.63, 3.8) is 0 Å². The zero-order valence-corrected chi connectivity index (χ0v) is 12.7. The number of nitriles is 1. The van der Waals surface area contributed by atoms with Crippen LogP contribution in [-0.2, 0) is 12.8 Å². The normalized spacial score (nSPS) is 18.8. The van der Waals surface area contributed by atoms with Crippen LogP contribution in [0.15, 0.2) is 18.2 Å². The Kier molecular flexibility index (Phi) is 4.26. The third-order valence-corrected chi connectivity index (χ3v) is 4.63. The zero-order chi connectivity index (χ0) is 14.7.